The molecule has 2 saturated carbocycles. The van der Waals surface area contributed by atoms with Crippen LogP contribution in [-0.2, 0) is 0 Å². The van der Waals surface area contributed by atoms with Crippen molar-refractivity contribution in [2.24, 2.45) is 23.2 Å². The van der Waals surface area contributed by atoms with Crippen molar-refractivity contribution in [1.29, 1.82) is 0 Å². The molecular weight excluding hydrogens is 156 g/mol. The molecule has 76 valence electrons. The second-order valence-electron chi connectivity index (χ2n) is 6.02. The normalized spacial score (nSPS) is 44.1. The highest BCUT2D eigenvalue weighted by molar-refractivity contribution is 4.91. The number of hydrogen-bond donors (Lipinski definition) is 0. The van der Waals surface area contributed by atoms with Crippen molar-refractivity contribution >= 4 is 0 Å². The monoisotopic (exact) mass is 180 g/mol. The predicted octanol–water partition coefficient (Wildman–Crippen LogP) is 4.25. The average Bonchev–Trinajstić information content (AvgIpc) is 2.13. The third-order valence-electron chi connectivity index (χ3n) is 5.00. The average molecular weight is 180 g/mol. The summed E-state index contributed by atoms with van der Waals surface area (Å²) in [7, 11) is 0. The first kappa shape index (κ1) is 9.55. The highest BCUT2D eigenvalue weighted by atomic mass is 14.5. The fourth-order valence-electron chi connectivity index (χ4n) is 3.62. The zero-order chi connectivity index (χ0) is 9.47. The Kier molecular flexibility index (Phi) is 2.42. The van der Waals surface area contributed by atoms with Crippen molar-refractivity contribution in [2.75, 3.05) is 0 Å². The molecule has 0 saturated heterocycles. The summed E-state index contributed by atoms with van der Waals surface area (Å²) in [6.45, 7) is 7.45. The van der Waals surface area contributed by atoms with Crippen LogP contribution >= 0.6 is 0 Å². The summed E-state index contributed by atoms with van der Waals surface area (Å²) in [6, 6.07) is 0. The Morgan fingerprint density at radius 3 is 2.46 bits per heavy atom. The van der Waals surface area contributed by atoms with E-state index in [1.807, 2.05) is 0 Å². The molecule has 0 nitrogen and oxygen atoms in total. The highest BCUT2D eigenvalue weighted by Gasteiger charge is 2.41. The minimum Gasteiger partial charge on any atom is -0.0617 e. The summed E-state index contributed by atoms with van der Waals surface area (Å²) in [5.41, 5.74) is 0.624. The van der Waals surface area contributed by atoms with Gasteiger partial charge in [0.25, 0.3) is 0 Å². The van der Waals surface area contributed by atoms with E-state index in [2.05, 4.69) is 20.8 Å². The van der Waals surface area contributed by atoms with Gasteiger partial charge in [0.05, 0.1) is 0 Å². The van der Waals surface area contributed by atoms with Crippen LogP contribution in [0.15, 0.2) is 0 Å². The van der Waals surface area contributed by atoms with Crippen molar-refractivity contribution < 1.29 is 0 Å². The maximum atomic E-state index is 2.50. The molecule has 0 aliphatic heterocycles. The second kappa shape index (κ2) is 3.29. The summed E-state index contributed by atoms with van der Waals surface area (Å²) in [6.07, 6.45) is 9.05. The fourth-order valence-corrected chi connectivity index (χ4v) is 3.62. The van der Waals surface area contributed by atoms with Crippen molar-refractivity contribution in [3.05, 3.63) is 0 Å². The van der Waals surface area contributed by atoms with Gasteiger partial charge in [0.1, 0.15) is 0 Å². The van der Waals surface area contributed by atoms with Crippen molar-refractivity contribution in [3.8, 4) is 0 Å². The van der Waals surface area contributed by atoms with Gasteiger partial charge < -0.3 is 0 Å². The molecule has 13 heavy (non-hydrogen) atoms. The maximum Gasteiger partial charge on any atom is -0.0326 e. The van der Waals surface area contributed by atoms with Crippen LogP contribution in [0.5, 0.6) is 0 Å². The van der Waals surface area contributed by atoms with E-state index in [0.717, 1.165) is 17.8 Å². The summed E-state index contributed by atoms with van der Waals surface area (Å²) < 4.78 is 0. The van der Waals surface area contributed by atoms with Crippen molar-refractivity contribution in [1.82, 2.24) is 0 Å². The van der Waals surface area contributed by atoms with E-state index in [1.165, 1.54) is 38.5 Å². The lowest BCUT2D eigenvalue weighted by Gasteiger charge is -2.48. The van der Waals surface area contributed by atoms with Crippen LogP contribution in [0.2, 0.25) is 0 Å². The molecule has 0 heteroatoms. The van der Waals surface area contributed by atoms with Gasteiger partial charge in [-0.2, -0.15) is 0 Å². The molecule has 2 aliphatic carbocycles. The highest BCUT2D eigenvalue weighted by Crippen LogP contribution is 2.51. The maximum absolute atomic E-state index is 2.50. The predicted molar refractivity (Wildman–Crippen MR) is 57.6 cm³/mol. The van der Waals surface area contributed by atoms with Gasteiger partial charge in [0.2, 0.25) is 0 Å². The number of rotatable bonds is 0. The topological polar surface area (TPSA) is 0 Å². The molecule has 0 aromatic carbocycles. The van der Waals surface area contributed by atoms with Crippen molar-refractivity contribution in [2.45, 2.75) is 59.3 Å². The van der Waals surface area contributed by atoms with Crippen LogP contribution in [-0.4, -0.2) is 0 Å². The van der Waals surface area contributed by atoms with Gasteiger partial charge in [-0.25, -0.2) is 0 Å². The van der Waals surface area contributed by atoms with Crippen LogP contribution in [0.25, 0.3) is 0 Å². The molecule has 0 amide bonds. The van der Waals surface area contributed by atoms with Gasteiger partial charge in [-0.05, 0) is 42.4 Å². The van der Waals surface area contributed by atoms with Gasteiger partial charge in [0.15, 0.2) is 0 Å². The van der Waals surface area contributed by atoms with Gasteiger partial charge in [-0.1, -0.05) is 40.0 Å². The van der Waals surface area contributed by atoms with E-state index >= 15 is 0 Å². The molecule has 3 unspecified atom stereocenters. The van der Waals surface area contributed by atoms with E-state index in [-0.39, 0.29) is 0 Å². The Hall–Kier alpha value is 0. The van der Waals surface area contributed by atoms with Crippen LogP contribution in [0.4, 0.5) is 0 Å². The molecule has 0 aromatic rings. The summed E-state index contributed by atoms with van der Waals surface area (Å²) >= 11 is 0. The van der Waals surface area contributed by atoms with E-state index in [1.54, 1.807) is 0 Å². The van der Waals surface area contributed by atoms with Crippen LogP contribution in [0, 0.1) is 23.2 Å². The molecule has 2 aliphatic rings. The van der Waals surface area contributed by atoms with Crippen LogP contribution < -0.4 is 0 Å². The fraction of sp³-hybridized carbons (Fsp3) is 1.00. The molecule has 0 N–H and O–H groups in total. The molecule has 2 rings (SSSR count). The Labute approximate surface area is 83.1 Å². The molecule has 2 fully saturated rings. The Morgan fingerprint density at radius 1 is 1.00 bits per heavy atom. The summed E-state index contributed by atoms with van der Waals surface area (Å²) in [4.78, 5) is 0. The first-order valence-corrected chi connectivity index (χ1v) is 6.11. The SMILES string of the molecule is CC1C2CCCCC2CCC1(C)C. The lowest BCUT2D eigenvalue weighted by Crippen LogP contribution is -2.39. The Balaban J connectivity index is 2.10. The van der Waals surface area contributed by atoms with E-state index in [4.69, 9.17) is 0 Å². The minimum atomic E-state index is 0.624. The Bertz CT molecular complexity index is 180. The third-order valence-corrected chi connectivity index (χ3v) is 5.00. The molecule has 0 spiro atoms. The zero-order valence-corrected chi connectivity index (χ0v) is 9.47. The quantitative estimate of drug-likeness (QED) is 0.523. The zero-order valence-electron chi connectivity index (χ0n) is 9.47. The standard InChI is InChI=1S/C13H24/c1-10-12-7-5-4-6-11(12)8-9-13(10,2)3/h10-12H,4-9H2,1-3H3. The number of fused-ring (bicyclic) bond motifs is 1. The number of hydrogen-bond acceptors (Lipinski definition) is 0. The molecule has 0 aromatic heterocycles. The smallest absolute Gasteiger partial charge is 0.0326 e. The van der Waals surface area contributed by atoms with Crippen molar-refractivity contribution in [3.63, 3.8) is 0 Å². The van der Waals surface area contributed by atoms with Crippen LogP contribution in [0.1, 0.15) is 59.3 Å². The third kappa shape index (κ3) is 1.65. The van der Waals surface area contributed by atoms with Gasteiger partial charge in [-0.15, -0.1) is 0 Å². The van der Waals surface area contributed by atoms with Crippen LogP contribution in [0.3, 0.4) is 0 Å². The second-order valence-corrected chi connectivity index (χ2v) is 6.02. The van der Waals surface area contributed by atoms with E-state index in [0.29, 0.717) is 5.41 Å². The van der Waals surface area contributed by atoms with Gasteiger partial charge in [-0.3, -0.25) is 0 Å². The first-order valence-electron chi connectivity index (χ1n) is 6.11. The first-order chi connectivity index (χ1) is 6.11. The lowest BCUT2D eigenvalue weighted by atomic mass is 9.57. The van der Waals surface area contributed by atoms with E-state index in [9.17, 15) is 0 Å². The van der Waals surface area contributed by atoms with Gasteiger partial charge >= 0.3 is 0 Å². The summed E-state index contributed by atoms with van der Waals surface area (Å²) in [5.74, 6) is 3.13. The largest absolute Gasteiger partial charge is 0.0617 e. The van der Waals surface area contributed by atoms with Gasteiger partial charge in [0, 0.05) is 0 Å². The minimum absolute atomic E-state index is 0.624. The summed E-state index contributed by atoms with van der Waals surface area (Å²) in [5, 5.41) is 0. The lowest BCUT2D eigenvalue weighted by molar-refractivity contribution is 0.0153. The molecule has 0 radical (unpaired) electrons. The molecular formula is C13H24. The molecule has 0 heterocycles. The Morgan fingerprint density at radius 2 is 1.69 bits per heavy atom. The molecule has 3 atom stereocenters. The van der Waals surface area contributed by atoms with E-state index < -0.39 is 0 Å². The molecule has 0 bridgehead atoms.